The zero-order valence-corrected chi connectivity index (χ0v) is 17.5. The van der Waals surface area contributed by atoms with E-state index in [1.807, 2.05) is 48.5 Å². The number of nitriles is 2. The summed E-state index contributed by atoms with van der Waals surface area (Å²) >= 11 is 0. The van der Waals surface area contributed by atoms with E-state index in [-0.39, 0.29) is 0 Å². The summed E-state index contributed by atoms with van der Waals surface area (Å²) < 4.78 is 0. The zero-order valence-electron chi connectivity index (χ0n) is 17.5. The molecular weight excluding hydrogens is 396 g/mol. The van der Waals surface area contributed by atoms with Gasteiger partial charge < -0.3 is 10.6 Å². The van der Waals surface area contributed by atoms with E-state index in [0.717, 1.165) is 18.8 Å². The van der Waals surface area contributed by atoms with Crippen molar-refractivity contribution in [2.45, 2.75) is 13.1 Å². The first-order valence-corrected chi connectivity index (χ1v) is 9.98. The Hall–Kier alpha value is -4.68. The van der Waals surface area contributed by atoms with Gasteiger partial charge in [-0.05, 0) is 35.4 Å². The van der Waals surface area contributed by atoms with Gasteiger partial charge in [-0.25, -0.2) is 9.97 Å². The van der Waals surface area contributed by atoms with Crippen molar-refractivity contribution in [3.05, 3.63) is 120 Å². The van der Waals surface area contributed by atoms with Crippen molar-refractivity contribution in [2.24, 2.45) is 0 Å². The van der Waals surface area contributed by atoms with E-state index >= 15 is 0 Å². The van der Waals surface area contributed by atoms with E-state index < -0.39 is 0 Å². The van der Waals surface area contributed by atoms with Crippen LogP contribution in [-0.4, -0.2) is 9.97 Å². The molecule has 2 N–H and O–H groups in total. The van der Waals surface area contributed by atoms with Crippen LogP contribution in [0.15, 0.2) is 97.3 Å². The average Bonchev–Trinajstić information content (AvgIpc) is 2.86. The summed E-state index contributed by atoms with van der Waals surface area (Å²) in [6, 6.07) is 31.6. The highest BCUT2D eigenvalue weighted by Crippen LogP contribution is 2.19. The van der Waals surface area contributed by atoms with Crippen LogP contribution in [0.3, 0.4) is 0 Å². The molecule has 0 unspecified atom stereocenters. The van der Waals surface area contributed by atoms with Gasteiger partial charge in [-0.1, -0.05) is 60.7 Å². The number of anilines is 2. The molecule has 2 aromatic carbocycles. The minimum Gasteiger partial charge on any atom is -0.397 e. The van der Waals surface area contributed by atoms with Crippen molar-refractivity contribution < 1.29 is 0 Å². The molecule has 2 aromatic heterocycles. The van der Waals surface area contributed by atoms with E-state index in [0.29, 0.717) is 17.1 Å². The van der Waals surface area contributed by atoms with Crippen LogP contribution in [0, 0.1) is 22.7 Å². The molecule has 4 rings (SSSR count). The number of hydrogen-bond acceptors (Lipinski definition) is 6. The number of aromatic nitrogens is 2. The van der Waals surface area contributed by atoms with Crippen LogP contribution in [0.1, 0.15) is 22.5 Å². The van der Waals surface area contributed by atoms with Crippen LogP contribution in [0.25, 0.3) is 0 Å². The summed E-state index contributed by atoms with van der Waals surface area (Å²) in [4.78, 5) is 10.2. The Kier molecular flexibility index (Phi) is 7.91. The minimum atomic E-state index is 0.393. The van der Waals surface area contributed by atoms with E-state index in [1.54, 1.807) is 24.4 Å². The molecular formula is C26H22N6. The van der Waals surface area contributed by atoms with Crippen molar-refractivity contribution >= 4 is 11.4 Å². The molecule has 0 aliphatic heterocycles. The second-order valence-electron chi connectivity index (χ2n) is 6.93. The molecule has 6 nitrogen and oxygen atoms in total. The first-order valence-electron chi connectivity index (χ1n) is 9.98. The summed E-state index contributed by atoms with van der Waals surface area (Å²) in [6.45, 7) is 1.59. The van der Waals surface area contributed by atoms with Crippen LogP contribution in [0.4, 0.5) is 11.4 Å². The lowest BCUT2D eigenvalue weighted by Crippen LogP contribution is -2.22. The van der Waals surface area contributed by atoms with Crippen LogP contribution in [0.5, 0.6) is 0 Å². The average molecular weight is 419 g/mol. The minimum absolute atomic E-state index is 0.393. The van der Waals surface area contributed by atoms with Gasteiger partial charge in [0, 0.05) is 13.1 Å². The fourth-order valence-corrected chi connectivity index (χ4v) is 2.96. The number of nitrogen functional groups attached to an aromatic ring is 1. The number of nitrogens with zero attached hydrogens (tertiary/aromatic N) is 5. The van der Waals surface area contributed by atoms with Gasteiger partial charge in [-0.15, -0.1) is 0 Å². The summed E-state index contributed by atoms with van der Waals surface area (Å²) in [5.74, 6) is 0. The fraction of sp³-hybridized carbons (Fsp3) is 0.0769. The topological polar surface area (TPSA) is 103 Å². The normalized spacial score (nSPS) is 9.56. The molecule has 0 atom stereocenters. The van der Waals surface area contributed by atoms with Gasteiger partial charge in [0.25, 0.3) is 0 Å². The number of pyridine rings is 2. The molecule has 0 radical (unpaired) electrons. The van der Waals surface area contributed by atoms with Crippen molar-refractivity contribution in [2.75, 3.05) is 10.6 Å². The maximum Gasteiger partial charge on any atom is 0.140 e. The third-order valence-electron chi connectivity index (χ3n) is 4.56. The van der Waals surface area contributed by atoms with Gasteiger partial charge in [0.05, 0.1) is 23.8 Å². The molecule has 2 heterocycles. The maximum absolute atomic E-state index is 8.91. The van der Waals surface area contributed by atoms with Crippen LogP contribution in [-0.2, 0) is 13.1 Å². The van der Waals surface area contributed by atoms with Gasteiger partial charge in [0.1, 0.15) is 23.5 Å². The molecule has 156 valence electrons. The molecule has 4 aromatic rings. The van der Waals surface area contributed by atoms with Crippen LogP contribution >= 0.6 is 0 Å². The van der Waals surface area contributed by atoms with Gasteiger partial charge >= 0.3 is 0 Å². The molecule has 0 saturated heterocycles. The SMILES string of the molecule is N#Cc1ccc(N(Cc2ccccc2)Cc2ccccc2)cn1.N#Cc1ccc(N)cn1. The third-order valence-corrected chi connectivity index (χ3v) is 4.56. The number of rotatable bonds is 5. The number of nitrogens with two attached hydrogens (primary N) is 1. The van der Waals surface area contributed by atoms with Gasteiger partial charge in [-0.3, -0.25) is 0 Å². The molecule has 0 bridgehead atoms. The Bertz CT molecular complexity index is 1130. The zero-order chi connectivity index (χ0) is 22.6. The Morgan fingerprint density at radius 1 is 0.656 bits per heavy atom. The monoisotopic (exact) mass is 418 g/mol. The standard InChI is InChI=1S/C20H17N3.C6H5N3/c21-13-19-11-12-20(14-22-19)23(15-17-7-3-1-4-8-17)16-18-9-5-2-6-10-18;7-3-6-2-1-5(8)4-9-6/h1-12,14H,15-16H2;1-2,4H,8H2. The van der Waals surface area contributed by atoms with Gasteiger partial charge in [0.15, 0.2) is 0 Å². The summed E-state index contributed by atoms with van der Waals surface area (Å²) in [6.07, 6.45) is 3.23. The van der Waals surface area contributed by atoms with Crippen molar-refractivity contribution in [3.8, 4) is 12.1 Å². The number of hydrogen-bond donors (Lipinski definition) is 1. The van der Waals surface area contributed by atoms with Crippen molar-refractivity contribution in [1.29, 1.82) is 10.5 Å². The molecule has 0 aliphatic rings. The van der Waals surface area contributed by atoms with E-state index in [9.17, 15) is 0 Å². The largest absolute Gasteiger partial charge is 0.397 e. The third kappa shape index (κ3) is 6.69. The lowest BCUT2D eigenvalue weighted by molar-refractivity contribution is 0.797. The highest BCUT2D eigenvalue weighted by atomic mass is 15.1. The van der Waals surface area contributed by atoms with Crippen molar-refractivity contribution in [3.63, 3.8) is 0 Å². The summed E-state index contributed by atoms with van der Waals surface area (Å²) in [5, 5.41) is 17.2. The molecule has 32 heavy (non-hydrogen) atoms. The molecule has 0 fully saturated rings. The van der Waals surface area contributed by atoms with E-state index in [2.05, 4.69) is 45.2 Å². The van der Waals surface area contributed by atoms with Gasteiger partial charge in [0.2, 0.25) is 0 Å². The first kappa shape index (κ1) is 22.0. The maximum atomic E-state index is 8.91. The molecule has 0 aliphatic carbocycles. The lowest BCUT2D eigenvalue weighted by Gasteiger charge is -2.25. The highest BCUT2D eigenvalue weighted by molar-refractivity contribution is 5.47. The smallest absolute Gasteiger partial charge is 0.140 e. The summed E-state index contributed by atoms with van der Waals surface area (Å²) in [5.41, 5.74) is 10.2. The molecule has 0 spiro atoms. The second kappa shape index (κ2) is 11.5. The Labute approximate surface area is 187 Å². The summed E-state index contributed by atoms with van der Waals surface area (Å²) in [7, 11) is 0. The van der Waals surface area contributed by atoms with Crippen LogP contribution in [0.2, 0.25) is 0 Å². The fourth-order valence-electron chi connectivity index (χ4n) is 2.96. The second-order valence-corrected chi connectivity index (χ2v) is 6.93. The number of benzene rings is 2. The van der Waals surface area contributed by atoms with E-state index in [1.165, 1.54) is 17.3 Å². The lowest BCUT2D eigenvalue weighted by atomic mass is 10.1. The predicted molar refractivity (Wildman–Crippen MR) is 125 cm³/mol. The Morgan fingerprint density at radius 2 is 1.16 bits per heavy atom. The first-order chi connectivity index (χ1) is 15.7. The predicted octanol–water partition coefficient (Wildman–Crippen LogP) is 4.70. The van der Waals surface area contributed by atoms with E-state index in [4.69, 9.17) is 16.3 Å². The van der Waals surface area contributed by atoms with Crippen molar-refractivity contribution in [1.82, 2.24) is 9.97 Å². The van der Waals surface area contributed by atoms with Gasteiger partial charge in [-0.2, -0.15) is 10.5 Å². The molecule has 0 amide bonds. The quantitative estimate of drug-likeness (QED) is 0.504. The highest BCUT2D eigenvalue weighted by Gasteiger charge is 2.09. The molecule has 6 heteroatoms. The molecule has 0 saturated carbocycles. The van der Waals surface area contributed by atoms with Crippen LogP contribution < -0.4 is 10.6 Å². The Morgan fingerprint density at radius 3 is 1.56 bits per heavy atom. The Balaban J connectivity index is 0.000000269.